The summed E-state index contributed by atoms with van der Waals surface area (Å²) in [6.45, 7) is 3.80. The van der Waals surface area contributed by atoms with Crippen LogP contribution >= 0.6 is 0 Å². The average molecular weight is 304 g/mol. The number of benzene rings is 1. The Morgan fingerprint density at radius 3 is 2.57 bits per heavy atom. The number of hydrogen-bond acceptors (Lipinski definition) is 2. The van der Waals surface area contributed by atoms with Gasteiger partial charge in [0, 0.05) is 23.8 Å². The van der Waals surface area contributed by atoms with E-state index in [1.807, 2.05) is 54.6 Å². The van der Waals surface area contributed by atoms with Crippen LogP contribution in [0.3, 0.4) is 0 Å². The van der Waals surface area contributed by atoms with Gasteiger partial charge in [-0.25, -0.2) is 0 Å². The maximum Gasteiger partial charge on any atom is 0.294 e. The van der Waals surface area contributed by atoms with E-state index in [1.54, 1.807) is 16.7 Å². The van der Waals surface area contributed by atoms with E-state index in [-0.39, 0.29) is 6.54 Å². The number of nitrogens with one attached hydrogen (secondary N) is 1. The van der Waals surface area contributed by atoms with E-state index in [1.165, 1.54) is 0 Å². The second-order valence-corrected chi connectivity index (χ2v) is 5.10. The molecule has 4 nitrogen and oxygen atoms in total. The van der Waals surface area contributed by atoms with Crippen molar-refractivity contribution in [1.29, 1.82) is 0 Å². The summed E-state index contributed by atoms with van der Waals surface area (Å²) in [7, 11) is 0. The molecule has 0 unspecified atom stereocenters. The van der Waals surface area contributed by atoms with E-state index < -0.39 is 11.7 Å². The van der Waals surface area contributed by atoms with Crippen molar-refractivity contribution in [2.24, 2.45) is 0 Å². The van der Waals surface area contributed by atoms with Crippen LogP contribution < -0.4 is 5.32 Å². The highest BCUT2D eigenvalue weighted by atomic mass is 16.2. The van der Waals surface area contributed by atoms with Crippen molar-refractivity contribution < 1.29 is 9.59 Å². The first-order valence-electron chi connectivity index (χ1n) is 7.31. The first-order valence-corrected chi connectivity index (χ1v) is 7.31. The molecule has 0 saturated carbocycles. The van der Waals surface area contributed by atoms with E-state index in [4.69, 9.17) is 0 Å². The van der Waals surface area contributed by atoms with Gasteiger partial charge in [-0.1, -0.05) is 42.5 Å². The second kappa shape index (κ2) is 6.32. The Bertz CT molecular complexity index is 879. The average Bonchev–Trinajstić information content (AvgIpc) is 2.99. The van der Waals surface area contributed by atoms with Gasteiger partial charge in [0.25, 0.3) is 11.7 Å². The summed E-state index contributed by atoms with van der Waals surface area (Å²) < 4.78 is 1.75. The molecule has 2 aromatic heterocycles. The molecular weight excluding hydrogens is 288 g/mol. The molecule has 0 spiro atoms. The lowest BCUT2D eigenvalue weighted by molar-refractivity contribution is -0.116. The van der Waals surface area contributed by atoms with Gasteiger partial charge >= 0.3 is 0 Å². The predicted octanol–water partition coefficient (Wildman–Crippen LogP) is 3.09. The molecular formula is C19H16N2O2. The molecule has 23 heavy (non-hydrogen) atoms. The number of Topliss-reactive ketones (excluding diaryl/α,β-unsaturated/α-hetero) is 1. The van der Waals surface area contributed by atoms with Crippen molar-refractivity contribution in [3.8, 4) is 11.1 Å². The van der Waals surface area contributed by atoms with Crippen molar-refractivity contribution in [3.63, 3.8) is 0 Å². The molecule has 1 amide bonds. The van der Waals surface area contributed by atoms with Crippen LogP contribution in [0.4, 0.5) is 0 Å². The number of aromatic nitrogens is 1. The van der Waals surface area contributed by atoms with Crippen LogP contribution in [0.2, 0.25) is 0 Å². The normalized spacial score (nSPS) is 10.4. The molecule has 0 bridgehead atoms. The Morgan fingerprint density at radius 1 is 1.09 bits per heavy atom. The zero-order valence-electron chi connectivity index (χ0n) is 12.5. The maximum absolute atomic E-state index is 12.7. The summed E-state index contributed by atoms with van der Waals surface area (Å²) >= 11 is 0. The first kappa shape index (κ1) is 14.8. The lowest BCUT2D eigenvalue weighted by Gasteiger charge is -2.06. The fourth-order valence-corrected chi connectivity index (χ4v) is 2.55. The Balaban J connectivity index is 2.15. The zero-order valence-corrected chi connectivity index (χ0v) is 12.5. The number of fused-ring (bicyclic) bond motifs is 1. The van der Waals surface area contributed by atoms with Crippen molar-refractivity contribution in [2.75, 3.05) is 6.54 Å². The molecule has 4 heteroatoms. The summed E-state index contributed by atoms with van der Waals surface area (Å²) in [6.07, 6.45) is 3.33. The minimum Gasteiger partial charge on any atom is -0.346 e. The Hall–Kier alpha value is -3.14. The molecule has 0 fully saturated rings. The van der Waals surface area contributed by atoms with Gasteiger partial charge < -0.3 is 9.72 Å². The molecule has 0 radical (unpaired) electrons. The van der Waals surface area contributed by atoms with Crippen LogP contribution in [0.5, 0.6) is 0 Å². The molecule has 0 atom stereocenters. The van der Waals surface area contributed by atoms with Gasteiger partial charge in [-0.05, 0) is 23.8 Å². The van der Waals surface area contributed by atoms with Crippen molar-refractivity contribution in [1.82, 2.24) is 9.72 Å². The van der Waals surface area contributed by atoms with Crippen molar-refractivity contribution in [3.05, 3.63) is 79.1 Å². The lowest BCUT2D eigenvalue weighted by Crippen LogP contribution is -2.32. The number of amides is 1. The summed E-state index contributed by atoms with van der Waals surface area (Å²) in [4.78, 5) is 24.8. The Labute approximate surface area is 134 Å². The smallest absolute Gasteiger partial charge is 0.294 e. The minimum absolute atomic E-state index is 0.258. The van der Waals surface area contributed by atoms with Gasteiger partial charge in [-0.3, -0.25) is 9.59 Å². The van der Waals surface area contributed by atoms with Crippen LogP contribution in [0, 0.1) is 0 Å². The SMILES string of the molecule is C=CCNC(=O)C(=O)c1c(-c2ccccc2)cc2ccccn12. The maximum atomic E-state index is 12.7. The molecule has 0 aliphatic heterocycles. The predicted molar refractivity (Wildman–Crippen MR) is 90.4 cm³/mol. The third kappa shape index (κ3) is 2.79. The van der Waals surface area contributed by atoms with Crippen molar-refractivity contribution in [2.45, 2.75) is 0 Å². The van der Waals surface area contributed by atoms with E-state index >= 15 is 0 Å². The highest BCUT2D eigenvalue weighted by Gasteiger charge is 2.24. The number of pyridine rings is 1. The molecule has 2 heterocycles. The van der Waals surface area contributed by atoms with Crippen LogP contribution in [0.1, 0.15) is 10.5 Å². The highest BCUT2D eigenvalue weighted by molar-refractivity contribution is 6.43. The Morgan fingerprint density at radius 2 is 1.83 bits per heavy atom. The fraction of sp³-hybridized carbons (Fsp3) is 0.0526. The van der Waals surface area contributed by atoms with E-state index in [0.29, 0.717) is 5.69 Å². The summed E-state index contributed by atoms with van der Waals surface area (Å²) in [5.41, 5.74) is 2.88. The van der Waals surface area contributed by atoms with E-state index in [9.17, 15) is 9.59 Å². The van der Waals surface area contributed by atoms with Crippen LogP contribution in [-0.2, 0) is 4.79 Å². The largest absolute Gasteiger partial charge is 0.346 e. The zero-order chi connectivity index (χ0) is 16.2. The third-order valence-electron chi connectivity index (χ3n) is 3.59. The van der Waals surface area contributed by atoms with Gasteiger partial charge in [-0.15, -0.1) is 6.58 Å². The molecule has 1 N–H and O–H groups in total. The summed E-state index contributed by atoms with van der Waals surface area (Å²) in [5.74, 6) is -1.19. The standard InChI is InChI=1S/C19H16N2O2/c1-2-11-20-19(23)18(22)17-16(14-8-4-3-5-9-14)13-15-10-6-7-12-21(15)17/h2-10,12-13H,1,11H2,(H,20,23). The van der Waals surface area contributed by atoms with Gasteiger partial charge in [0.05, 0.1) is 0 Å². The molecule has 0 aliphatic carbocycles. The number of nitrogens with zero attached hydrogens (tertiary/aromatic N) is 1. The van der Waals surface area contributed by atoms with Gasteiger partial charge in [0.2, 0.25) is 0 Å². The number of ketones is 1. The monoisotopic (exact) mass is 304 g/mol. The molecule has 0 aliphatic rings. The number of rotatable bonds is 5. The highest BCUT2D eigenvalue weighted by Crippen LogP contribution is 2.28. The van der Waals surface area contributed by atoms with E-state index in [2.05, 4.69) is 11.9 Å². The number of hydrogen-bond donors (Lipinski definition) is 1. The topological polar surface area (TPSA) is 50.6 Å². The molecule has 114 valence electrons. The number of carbonyl (C=O) groups is 2. The van der Waals surface area contributed by atoms with Crippen molar-refractivity contribution >= 4 is 17.2 Å². The molecule has 1 aromatic carbocycles. The quantitative estimate of drug-likeness (QED) is 0.447. The van der Waals surface area contributed by atoms with Gasteiger partial charge in [-0.2, -0.15) is 0 Å². The Kier molecular flexibility index (Phi) is 4.06. The second-order valence-electron chi connectivity index (χ2n) is 5.10. The van der Waals surface area contributed by atoms with Crippen LogP contribution in [0.15, 0.2) is 73.4 Å². The number of carbonyl (C=O) groups excluding carboxylic acids is 2. The van der Waals surface area contributed by atoms with Gasteiger partial charge in [0.15, 0.2) is 0 Å². The lowest BCUT2D eigenvalue weighted by atomic mass is 10.0. The molecule has 0 saturated heterocycles. The van der Waals surface area contributed by atoms with Crippen LogP contribution in [-0.4, -0.2) is 22.6 Å². The van der Waals surface area contributed by atoms with E-state index in [0.717, 1.165) is 16.6 Å². The third-order valence-corrected chi connectivity index (χ3v) is 3.59. The summed E-state index contributed by atoms with van der Waals surface area (Å²) in [5, 5.41) is 2.54. The fourth-order valence-electron chi connectivity index (χ4n) is 2.55. The van der Waals surface area contributed by atoms with Crippen LogP contribution in [0.25, 0.3) is 16.6 Å². The van der Waals surface area contributed by atoms with Gasteiger partial charge in [0.1, 0.15) is 5.69 Å². The summed E-state index contributed by atoms with van der Waals surface area (Å²) in [6, 6.07) is 17.1. The first-order chi connectivity index (χ1) is 11.2. The molecule has 3 aromatic rings. The molecule has 3 rings (SSSR count). The minimum atomic E-state index is -0.633.